The lowest BCUT2D eigenvalue weighted by atomic mass is 10.3. The summed E-state index contributed by atoms with van der Waals surface area (Å²) in [7, 11) is 1.92. The Balaban J connectivity index is 2.08. The average Bonchev–Trinajstić information content (AvgIpc) is 2.63. The van der Waals surface area contributed by atoms with Crippen molar-refractivity contribution < 1.29 is 4.39 Å². The standard InChI is InChI=1S/C11H12FN3S/c1-15-7-14-5-9(15)6-16-11-3-2-8(13)4-10(11)12/h2-5,7H,6,13H2,1H3. The van der Waals surface area contributed by atoms with Crippen molar-refractivity contribution in [2.75, 3.05) is 5.73 Å². The first kappa shape index (κ1) is 11.0. The van der Waals surface area contributed by atoms with Crippen molar-refractivity contribution in [1.29, 1.82) is 0 Å². The van der Waals surface area contributed by atoms with Gasteiger partial charge in [0, 0.05) is 35.3 Å². The highest BCUT2D eigenvalue weighted by atomic mass is 32.2. The maximum Gasteiger partial charge on any atom is 0.138 e. The molecule has 0 unspecified atom stereocenters. The Labute approximate surface area is 97.5 Å². The van der Waals surface area contributed by atoms with Crippen LogP contribution in [-0.4, -0.2) is 9.55 Å². The van der Waals surface area contributed by atoms with Crippen LogP contribution in [0.15, 0.2) is 35.6 Å². The third-order valence-corrected chi connectivity index (χ3v) is 3.33. The van der Waals surface area contributed by atoms with E-state index < -0.39 is 0 Å². The van der Waals surface area contributed by atoms with Crippen molar-refractivity contribution in [2.45, 2.75) is 10.6 Å². The molecular weight excluding hydrogens is 225 g/mol. The van der Waals surface area contributed by atoms with Crippen LogP contribution in [0, 0.1) is 5.82 Å². The number of hydrogen-bond acceptors (Lipinski definition) is 3. The minimum Gasteiger partial charge on any atom is -0.399 e. The second-order valence-electron chi connectivity index (χ2n) is 3.47. The SMILES string of the molecule is Cn1cncc1CSc1ccc(N)cc1F. The Kier molecular flexibility index (Phi) is 3.14. The lowest BCUT2D eigenvalue weighted by Crippen LogP contribution is -1.93. The van der Waals surface area contributed by atoms with Gasteiger partial charge in [-0.2, -0.15) is 0 Å². The molecule has 0 radical (unpaired) electrons. The van der Waals surface area contributed by atoms with E-state index in [0.29, 0.717) is 16.3 Å². The van der Waals surface area contributed by atoms with E-state index in [0.717, 1.165) is 5.69 Å². The summed E-state index contributed by atoms with van der Waals surface area (Å²) in [5.41, 5.74) is 6.98. The predicted octanol–water partition coefficient (Wildman–Crippen LogP) is 2.43. The zero-order valence-corrected chi connectivity index (χ0v) is 9.67. The van der Waals surface area contributed by atoms with Gasteiger partial charge in [0.05, 0.1) is 6.33 Å². The molecule has 16 heavy (non-hydrogen) atoms. The first-order chi connectivity index (χ1) is 7.66. The van der Waals surface area contributed by atoms with Crippen LogP contribution < -0.4 is 5.73 Å². The Morgan fingerprint density at radius 3 is 2.94 bits per heavy atom. The van der Waals surface area contributed by atoms with Gasteiger partial charge in [0.15, 0.2) is 0 Å². The number of aromatic nitrogens is 2. The van der Waals surface area contributed by atoms with Crippen LogP contribution in [0.4, 0.5) is 10.1 Å². The number of hydrogen-bond donors (Lipinski definition) is 1. The molecule has 5 heteroatoms. The van der Waals surface area contributed by atoms with Gasteiger partial charge in [0.25, 0.3) is 0 Å². The molecule has 0 saturated carbocycles. The number of thioether (sulfide) groups is 1. The molecule has 0 saturated heterocycles. The van der Waals surface area contributed by atoms with Crippen LogP contribution in [0.5, 0.6) is 0 Å². The van der Waals surface area contributed by atoms with E-state index in [4.69, 9.17) is 5.73 Å². The van der Waals surface area contributed by atoms with Crippen LogP contribution in [0.25, 0.3) is 0 Å². The molecule has 0 aliphatic rings. The molecule has 0 atom stereocenters. The molecule has 1 aromatic heterocycles. The average molecular weight is 237 g/mol. The number of nitrogen functional groups attached to an aromatic ring is 1. The Morgan fingerprint density at radius 1 is 1.50 bits per heavy atom. The summed E-state index contributed by atoms with van der Waals surface area (Å²) in [5.74, 6) is 0.421. The van der Waals surface area contributed by atoms with Crippen molar-refractivity contribution in [3.05, 3.63) is 42.2 Å². The van der Waals surface area contributed by atoms with Crippen LogP contribution in [-0.2, 0) is 12.8 Å². The van der Waals surface area contributed by atoms with Gasteiger partial charge in [-0.1, -0.05) is 0 Å². The molecule has 3 nitrogen and oxygen atoms in total. The summed E-state index contributed by atoms with van der Waals surface area (Å²) in [6.07, 6.45) is 3.51. The van der Waals surface area contributed by atoms with E-state index >= 15 is 0 Å². The minimum absolute atomic E-state index is 0.271. The molecule has 0 amide bonds. The number of imidazole rings is 1. The topological polar surface area (TPSA) is 43.8 Å². The number of halogens is 1. The summed E-state index contributed by atoms with van der Waals surface area (Å²) in [5, 5.41) is 0. The zero-order valence-electron chi connectivity index (χ0n) is 8.85. The molecule has 84 valence electrons. The van der Waals surface area contributed by atoms with Crippen molar-refractivity contribution in [2.24, 2.45) is 7.05 Å². The van der Waals surface area contributed by atoms with Gasteiger partial charge in [0.1, 0.15) is 5.82 Å². The highest BCUT2D eigenvalue weighted by molar-refractivity contribution is 7.98. The van der Waals surface area contributed by atoms with E-state index in [2.05, 4.69) is 4.98 Å². The molecule has 1 aromatic carbocycles. The molecule has 1 heterocycles. The fourth-order valence-electron chi connectivity index (χ4n) is 1.31. The van der Waals surface area contributed by atoms with Gasteiger partial charge < -0.3 is 10.3 Å². The van der Waals surface area contributed by atoms with E-state index in [-0.39, 0.29) is 5.82 Å². The zero-order chi connectivity index (χ0) is 11.5. The van der Waals surface area contributed by atoms with Gasteiger partial charge in [0.2, 0.25) is 0 Å². The molecule has 0 aliphatic carbocycles. The molecule has 0 bridgehead atoms. The number of benzene rings is 1. The molecule has 2 aromatic rings. The van der Waals surface area contributed by atoms with Gasteiger partial charge in [-0.05, 0) is 18.2 Å². The molecule has 0 fully saturated rings. The van der Waals surface area contributed by atoms with Crippen LogP contribution >= 0.6 is 11.8 Å². The highest BCUT2D eigenvalue weighted by Crippen LogP contribution is 2.26. The molecule has 2 rings (SSSR count). The van der Waals surface area contributed by atoms with Gasteiger partial charge in [-0.25, -0.2) is 9.37 Å². The van der Waals surface area contributed by atoms with Crippen LogP contribution in [0.1, 0.15) is 5.69 Å². The highest BCUT2D eigenvalue weighted by Gasteiger charge is 2.05. The predicted molar refractivity (Wildman–Crippen MR) is 63.6 cm³/mol. The number of rotatable bonds is 3. The quantitative estimate of drug-likeness (QED) is 0.658. The van der Waals surface area contributed by atoms with Gasteiger partial charge in [-0.3, -0.25) is 0 Å². The Hall–Kier alpha value is -1.49. The summed E-state index contributed by atoms with van der Waals surface area (Å²) in [6, 6.07) is 4.74. The van der Waals surface area contributed by atoms with E-state index in [9.17, 15) is 4.39 Å². The maximum atomic E-state index is 13.5. The van der Waals surface area contributed by atoms with Crippen LogP contribution in [0.3, 0.4) is 0 Å². The van der Waals surface area contributed by atoms with Crippen molar-refractivity contribution in [3.8, 4) is 0 Å². The molecule has 0 aliphatic heterocycles. The van der Waals surface area contributed by atoms with Crippen molar-refractivity contribution >= 4 is 17.4 Å². The number of nitrogens with two attached hydrogens (primary N) is 1. The minimum atomic E-state index is -0.271. The lowest BCUT2D eigenvalue weighted by molar-refractivity contribution is 0.602. The second-order valence-corrected chi connectivity index (χ2v) is 4.49. The van der Waals surface area contributed by atoms with Crippen molar-refractivity contribution in [3.63, 3.8) is 0 Å². The summed E-state index contributed by atoms with van der Waals surface area (Å²) >= 11 is 1.44. The summed E-state index contributed by atoms with van der Waals surface area (Å²) in [6.45, 7) is 0. The molecule has 0 spiro atoms. The largest absolute Gasteiger partial charge is 0.399 e. The Bertz CT molecular complexity index is 496. The third-order valence-electron chi connectivity index (χ3n) is 2.25. The van der Waals surface area contributed by atoms with Gasteiger partial charge >= 0.3 is 0 Å². The first-order valence-corrected chi connectivity index (χ1v) is 5.78. The molecule has 2 N–H and O–H groups in total. The van der Waals surface area contributed by atoms with E-state index in [1.54, 1.807) is 24.7 Å². The number of aryl methyl sites for hydroxylation is 1. The summed E-state index contributed by atoms with van der Waals surface area (Å²) in [4.78, 5) is 4.61. The van der Waals surface area contributed by atoms with E-state index in [1.165, 1.54) is 17.8 Å². The van der Waals surface area contributed by atoms with Gasteiger partial charge in [-0.15, -0.1) is 11.8 Å². The summed E-state index contributed by atoms with van der Waals surface area (Å²) < 4.78 is 15.4. The van der Waals surface area contributed by atoms with Crippen LogP contribution in [0.2, 0.25) is 0 Å². The maximum absolute atomic E-state index is 13.5. The second kappa shape index (κ2) is 4.57. The lowest BCUT2D eigenvalue weighted by Gasteiger charge is -2.04. The normalized spacial score (nSPS) is 10.6. The van der Waals surface area contributed by atoms with Crippen molar-refractivity contribution in [1.82, 2.24) is 9.55 Å². The monoisotopic (exact) mass is 237 g/mol. The Morgan fingerprint density at radius 2 is 2.31 bits per heavy atom. The number of anilines is 1. The number of nitrogens with zero attached hydrogens (tertiary/aromatic N) is 2. The fraction of sp³-hybridized carbons (Fsp3) is 0.182. The molecular formula is C11H12FN3S. The van der Waals surface area contributed by atoms with E-state index in [1.807, 2.05) is 11.6 Å². The smallest absolute Gasteiger partial charge is 0.138 e. The first-order valence-electron chi connectivity index (χ1n) is 4.80. The fourth-order valence-corrected chi connectivity index (χ4v) is 2.25. The third kappa shape index (κ3) is 2.36.